The van der Waals surface area contributed by atoms with Crippen molar-refractivity contribution in [2.24, 2.45) is 0 Å². The zero-order chi connectivity index (χ0) is 16.9. The molecule has 0 aliphatic rings. The van der Waals surface area contributed by atoms with Gasteiger partial charge in [0.15, 0.2) is 0 Å². The second-order valence-corrected chi connectivity index (χ2v) is 6.34. The summed E-state index contributed by atoms with van der Waals surface area (Å²) in [5.74, 6) is 0.558. The van der Waals surface area contributed by atoms with Crippen LogP contribution < -0.4 is 5.32 Å². The van der Waals surface area contributed by atoms with E-state index in [-0.39, 0.29) is 18.1 Å². The van der Waals surface area contributed by atoms with E-state index in [0.29, 0.717) is 30.2 Å². The molecule has 0 spiro atoms. The highest BCUT2D eigenvalue weighted by molar-refractivity contribution is 7.15. The van der Waals surface area contributed by atoms with Gasteiger partial charge in [0.25, 0.3) is 0 Å². The average Bonchev–Trinajstić information content (AvgIpc) is 3.24. The lowest BCUT2D eigenvalue weighted by Crippen LogP contribution is -2.20. The van der Waals surface area contributed by atoms with Crippen LogP contribution in [0.4, 0.5) is 4.39 Å². The first-order valence-corrected chi connectivity index (χ1v) is 8.39. The van der Waals surface area contributed by atoms with Crippen molar-refractivity contribution in [3.05, 3.63) is 58.5 Å². The van der Waals surface area contributed by atoms with Gasteiger partial charge in [-0.1, -0.05) is 30.3 Å². The number of nitrogens with zero attached hydrogens (tertiary/aromatic N) is 2. The Morgan fingerprint density at radius 1 is 1.29 bits per heavy atom. The van der Waals surface area contributed by atoms with Crippen molar-refractivity contribution in [2.45, 2.75) is 26.3 Å². The summed E-state index contributed by atoms with van der Waals surface area (Å²) in [5, 5.41) is 6.77. The monoisotopic (exact) mass is 345 g/mol. The summed E-state index contributed by atoms with van der Waals surface area (Å²) in [6, 6.07) is 10.3. The zero-order valence-corrected chi connectivity index (χ0v) is 13.9. The molecular weight excluding hydrogens is 329 g/mol. The topological polar surface area (TPSA) is 68.0 Å². The van der Waals surface area contributed by atoms with Crippen LogP contribution in [-0.4, -0.2) is 16.0 Å². The maximum Gasteiger partial charge on any atom is 0.231 e. The maximum absolute atomic E-state index is 13.7. The number of hydrogen-bond acceptors (Lipinski definition) is 5. The van der Waals surface area contributed by atoms with Gasteiger partial charge in [-0.15, -0.1) is 11.3 Å². The SMILES string of the molecule is CCC(=O)NCc1ccc(-c2noc(Cc3ccccc3F)n2)s1. The third-order valence-corrected chi connectivity index (χ3v) is 4.51. The molecule has 3 aromatic rings. The molecule has 3 rings (SSSR count). The normalized spacial score (nSPS) is 10.8. The number of amides is 1. The molecule has 2 aromatic heterocycles. The lowest BCUT2D eigenvalue weighted by molar-refractivity contribution is -0.120. The molecule has 5 nitrogen and oxygen atoms in total. The Morgan fingerprint density at radius 3 is 2.92 bits per heavy atom. The predicted molar refractivity (Wildman–Crippen MR) is 89.0 cm³/mol. The molecule has 124 valence electrons. The molecule has 0 aliphatic heterocycles. The Labute approximate surface area is 142 Å². The van der Waals surface area contributed by atoms with Crippen molar-refractivity contribution in [3.8, 4) is 10.7 Å². The van der Waals surface area contributed by atoms with E-state index in [2.05, 4.69) is 15.5 Å². The number of rotatable bonds is 6. The highest BCUT2D eigenvalue weighted by Gasteiger charge is 2.13. The minimum atomic E-state index is -0.290. The molecule has 24 heavy (non-hydrogen) atoms. The number of nitrogens with one attached hydrogen (secondary N) is 1. The molecule has 1 amide bonds. The smallest absolute Gasteiger partial charge is 0.231 e. The molecule has 1 N–H and O–H groups in total. The summed E-state index contributed by atoms with van der Waals surface area (Å²) in [4.78, 5) is 17.5. The number of halogens is 1. The summed E-state index contributed by atoms with van der Waals surface area (Å²) in [5.41, 5.74) is 0.516. The van der Waals surface area contributed by atoms with E-state index in [0.717, 1.165) is 9.75 Å². The van der Waals surface area contributed by atoms with E-state index in [1.54, 1.807) is 18.2 Å². The Morgan fingerprint density at radius 2 is 2.12 bits per heavy atom. The number of hydrogen-bond donors (Lipinski definition) is 1. The number of carbonyl (C=O) groups excluding carboxylic acids is 1. The first kappa shape index (κ1) is 16.3. The molecule has 7 heteroatoms. The zero-order valence-electron chi connectivity index (χ0n) is 13.1. The second-order valence-electron chi connectivity index (χ2n) is 5.18. The van der Waals surface area contributed by atoms with Crippen LogP contribution in [0.3, 0.4) is 0 Å². The van der Waals surface area contributed by atoms with Crippen molar-refractivity contribution in [3.63, 3.8) is 0 Å². The molecule has 1 aromatic carbocycles. The summed E-state index contributed by atoms with van der Waals surface area (Å²) < 4.78 is 18.9. The standard InChI is InChI=1S/C17H16FN3O2S/c1-2-15(22)19-10-12-7-8-14(24-12)17-20-16(23-21-17)9-11-5-3-4-6-13(11)18/h3-8H,2,9-10H2,1H3,(H,19,22). The Hall–Kier alpha value is -2.54. The Kier molecular flexibility index (Phi) is 5.00. The van der Waals surface area contributed by atoms with Crippen molar-refractivity contribution >= 4 is 17.2 Å². The quantitative estimate of drug-likeness (QED) is 0.742. The van der Waals surface area contributed by atoms with Gasteiger partial charge in [-0.25, -0.2) is 4.39 Å². The van der Waals surface area contributed by atoms with Crippen molar-refractivity contribution in [2.75, 3.05) is 0 Å². The molecule has 0 aliphatic carbocycles. The molecule has 0 bridgehead atoms. The lowest BCUT2D eigenvalue weighted by atomic mass is 10.1. The van der Waals surface area contributed by atoms with Crippen molar-refractivity contribution in [1.29, 1.82) is 0 Å². The van der Waals surface area contributed by atoms with Gasteiger partial charge >= 0.3 is 0 Å². The van der Waals surface area contributed by atoms with Crippen LogP contribution in [0.1, 0.15) is 29.7 Å². The minimum Gasteiger partial charge on any atom is -0.351 e. The predicted octanol–water partition coefficient (Wildman–Crippen LogP) is 3.55. The third kappa shape index (κ3) is 3.86. The first-order chi connectivity index (χ1) is 11.7. The average molecular weight is 345 g/mol. The highest BCUT2D eigenvalue weighted by Crippen LogP contribution is 2.26. The van der Waals surface area contributed by atoms with Crippen LogP contribution in [0.15, 0.2) is 40.9 Å². The maximum atomic E-state index is 13.7. The molecule has 0 saturated carbocycles. The van der Waals surface area contributed by atoms with Crippen LogP contribution in [0, 0.1) is 5.82 Å². The van der Waals surface area contributed by atoms with Crippen LogP contribution >= 0.6 is 11.3 Å². The summed E-state index contributed by atoms with van der Waals surface area (Å²) in [6.45, 7) is 2.29. The number of carbonyl (C=O) groups is 1. The number of benzene rings is 1. The van der Waals surface area contributed by atoms with Crippen LogP contribution in [0.25, 0.3) is 10.7 Å². The Bertz CT molecular complexity index is 844. The lowest BCUT2D eigenvalue weighted by Gasteiger charge is -1.99. The van der Waals surface area contributed by atoms with Gasteiger partial charge in [-0.2, -0.15) is 4.98 Å². The summed E-state index contributed by atoms with van der Waals surface area (Å²) in [7, 11) is 0. The second kappa shape index (κ2) is 7.35. The van der Waals surface area contributed by atoms with Crippen LogP contribution in [0.2, 0.25) is 0 Å². The Balaban J connectivity index is 1.68. The molecule has 0 unspecified atom stereocenters. The molecule has 0 atom stereocenters. The molecule has 0 radical (unpaired) electrons. The fourth-order valence-corrected chi connectivity index (χ4v) is 3.01. The summed E-state index contributed by atoms with van der Waals surface area (Å²) in [6.07, 6.45) is 0.715. The minimum absolute atomic E-state index is 0.0108. The number of thiophene rings is 1. The molecular formula is C17H16FN3O2S. The molecule has 0 fully saturated rings. The van der Waals surface area contributed by atoms with Gasteiger partial charge in [0, 0.05) is 11.3 Å². The van der Waals surface area contributed by atoms with Gasteiger partial charge in [0.1, 0.15) is 5.82 Å². The van der Waals surface area contributed by atoms with E-state index in [4.69, 9.17) is 4.52 Å². The van der Waals surface area contributed by atoms with E-state index in [1.807, 2.05) is 19.1 Å². The fourth-order valence-electron chi connectivity index (χ4n) is 2.14. The van der Waals surface area contributed by atoms with Gasteiger partial charge in [0.2, 0.25) is 17.6 Å². The molecule has 0 saturated heterocycles. The van der Waals surface area contributed by atoms with Crippen LogP contribution in [0.5, 0.6) is 0 Å². The van der Waals surface area contributed by atoms with E-state index in [9.17, 15) is 9.18 Å². The van der Waals surface area contributed by atoms with Crippen LogP contribution in [-0.2, 0) is 17.8 Å². The fraction of sp³-hybridized carbons (Fsp3) is 0.235. The van der Waals surface area contributed by atoms with Gasteiger partial charge in [-0.3, -0.25) is 4.79 Å². The van der Waals surface area contributed by atoms with Gasteiger partial charge in [0.05, 0.1) is 17.8 Å². The van der Waals surface area contributed by atoms with E-state index < -0.39 is 0 Å². The van der Waals surface area contributed by atoms with Crippen molar-refractivity contribution < 1.29 is 13.7 Å². The third-order valence-electron chi connectivity index (χ3n) is 3.43. The first-order valence-electron chi connectivity index (χ1n) is 7.57. The van der Waals surface area contributed by atoms with Gasteiger partial charge in [-0.05, 0) is 23.8 Å². The van der Waals surface area contributed by atoms with Gasteiger partial charge < -0.3 is 9.84 Å². The van der Waals surface area contributed by atoms with E-state index >= 15 is 0 Å². The molecule has 2 heterocycles. The number of aromatic nitrogens is 2. The largest absolute Gasteiger partial charge is 0.351 e. The van der Waals surface area contributed by atoms with E-state index in [1.165, 1.54) is 17.4 Å². The highest BCUT2D eigenvalue weighted by atomic mass is 32.1. The van der Waals surface area contributed by atoms with Crippen molar-refractivity contribution in [1.82, 2.24) is 15.5 Å². The summed E-state index contributed by atoms with van der Waals surface area (Å²) >= 11 is 1.49.